The number of fused-ring (bicyclic) bond motifs is 1. The van der Waals surface area contributed by atoms with Crippen LogP contribution in [0.5, 0.6) is 0 Å². The summed E-state index contributed by atoms with van der Waals surface area (Å²) in [7, 11) is 0. The highest BCUT2D eigenvalue weighted by Crippen LogP contribution is 2.29. The summed E-state index contributed by atoms with van der Waals surface area (Å²) in [6.45, 7) is 11.0. The van der Waals surface area contributed by atoms with Gasteiger partial charge in [0.1, 0.15) is 0 Å². The summed E-state index contributed by atoms with van der Waals surface area (Å²) in [5.74, 6) is 1.36. The number of hydrogen-bond donors (Lipinski definition) is 2. The molecule has 7 heteroatoms. The maximum absolute atomic E-state index is 5.46. The standard InChI is InChI=1S/C24H32N6O/c1-17(2)25-23-21-7-8-22(26-24(21)28-27-23)19-9-10-29(16-19)15-18-3-5-20(6-4-18)30-11-13-31-14-12-30/h3-8,17,19H,9-16H2,1-2H3,(H2,25,26,27,28). The number of nitrogens with one attached hydrogen (secondary N) is 2. The van der Waals surface area contributed by atoms with Crippen LogP contribution in [0.2, 0.25) is 0 Å². The number of likely N-dealkylation sites (tertiary alicyclic amines) is 1. The summed E-state index contributed by atoms with van der Waals surface area (Å²) in [4.78, 5) is 9.83. The Hall–Kier alpha value is -2.64. The van der Waals surface area contributed by atoms with E-state index in [0.717, 1.165) is 74.9 Å². The van der Waals surface area contributed by atoms with Crippen molar-refractivity contribution in [1.29, 1.82) is 0 Å². The summed E-state index contributed by atoms with van der Waals surface area (Å²) < 4.78 is 5.46. The zero-order valence-electron chi connectivity index (χ0n) is 18.5. The number of anilines is 2. The van der Waals surface area contributed by atoms with Crippen LogP contribution in [0.1, 0.15) is 37.4 Å². The molecule has 2 fully saturated rings. The lowest BCUT2D eigenvalue weighted by molar-refractivity contribution is 0.122. The molecule has 2 aliphatic heterocycles. The number of morpholine rings is 1. The molecule has 5 rings (SSSR count). The molecule has 2 aromatic heterocycles. The van der Waals surface area contributed by atoms with Crippen LogP contribution >= 0.6 is 0 Å². The van der Waals surface area contributed by atoms with Crippen molar-refractivity contribution in [1.82, 2.24) is 20.1 Å². The number of H-pyrrole nitrogens is 1. The highest BCUT2D eigenvalue weighted by atomic mass is 16.5. The second kappa shape index (κ2) is 8.85. The van der Waals surface area contributed by atoms with Crippen molar-refractivity contribution in [3.05, 3.63) is 47.7 Å². The van der Waals surface area contributed by atoms with Gasteiger partial charge >= 0.3 is 0 Å². The highest BCUT2D eigenvalue weighted by Gasteiger charge is 2.25. The number of pyridine rings is 1. The van der Waals surface area contributed by atoms with Crippen molar-refractivity contribution in [2.75, 3.05) is 49.6 Å². The fourth-order valence-corrected chi connectivity index (χ4v) is 4.64. The molecule has 0 spiro atoms. The van der Waals surface area contributed by atoms with E-state index in [0.29, 0.717) is 12.0 Å². The number of aromatic amines is 1. The first kappa shape index (κ1) is 20.3. The van der Waals surface area contributed by atoms with Crippen molar-refractivity contribution in [2.45, 2.75) is 38.8 Å². The predicted molar refractivity (Wildman–Crippen MR) is 125 cm³/mol. The van der Waals surface area contributed by atoms with Gasteiger partial charge in [-0.2, -0.15) is 5.10 Å². The van der Waals surface area contributed by atoms with Crippen molar-refractivity contribution >= 4 is 22.5 Å². The average Bonchev–Trinajstić information content (AvgIpc) is 3.41. The van der Waals surface area contributed by atoms with E-state index >= 15 is 0 Å². The average molecular weight is 421 g/mol. The Morgan fingerprint density at radius 2 is 1.90 bits per heavy atom. The van der Waals surface area contributed by atoms with Gasteiger partial charge in [0.05, 0.1) is 18.6 Å². The van der Waals surface area contributed by atoms with Crippen molar-refractivity contribution in [3.63, 3.8) is 0 Å². The van der Waals surface area contributed by atoms with Gasteiger partial charge in [-0.3, -0.25) is 10.00 Å². The predicted octanol–water partition coefficient (Wildman–Crippen LogP) is 3.60. The van der Waals surface area contributed by atoms with Crippen LogP contribution in [0.25, 0.3) is 11.0 Å². The minimum atomic E-state index is 0.345. The third-order valence-corrected chi connectivity index (χ3v) is 6.28. The quantitative estimate of drug-likeness (QED) is 0.635. The first-order valence-electron chi connectivity index (χ1n) is 11.4. The molecule has 4 heterocycles. The van der Waals surface area contributed by atoms with Crippen molar-refractivity contribution in [3.8, 4) is 0 Å². The summed E-state index contributed by atoms with van der Waals surface area (Å²) in [5.41, 5.74) is 4.71. The van der Waals surface area contributed by atoms with Crippen molar-refractivity contribution < 1.29 is 4.74 Å². The minimum absolute atomic E-state index is 0.345. The Kier molecular flexibility index (Phi) is 5.78. The molecule has 1 unspecified atom stereocenters. The second-order valence-corrected chi connectivity index (χ2v) is 8.99. The molecule has 1 atom stereocenters. The Morgan fingerprint density at radius 3 is 2.68 bits per heavy atom. The number of benzene rings is 1. The van der Waals surface area contributed by atoms with Crippen LogP contribution < -0.4 is 10.2 Å². The fraction of sp³-hybridized carbons (Fsp3) is 0.500. The van der Waals surface area contributed by atoms with Gasteiger partial charge < -0.3 is 15.0 Å². The van der Waals surface area contributed by atoms with Gasteiger partial charge in [-0.25, -0.2) is 4.98 Å². The third-order valence-electron chi connectivity index (χ3n) is 6.28. The molecule has 1 aromatic carbocycles. The smallest absolute Gasteiger partial charge is 0.157 e. The second-order valence-electron chi connectivity index (χ2n) is 8.99. The van der Waals surface area contributed by atoms with Crippen LogP contribution in [0.3, 0.4) is 0 Å². The van der Waals surface area contributed by atoms with Crippen molar-refractivity contribution in [2.24, 2.45) is 0 Å². The lowest BCUT2D eigenvalue weighted by atomic mass is 10.0. The Labute approximate surface area is 183 Å². The lowest BCUT2D eigenvalue weighted by Crippen LogP contribution is -2.36. The van der Waals surface area contributed by atoms with Gasteiger partial charge in [-0.15, -0.1) is 0 Å². The zero-order valence-corrected chi connectivity index (χ0v) is 18.5. The summed E-state index contributed by atoms with van der Waals surface area (Å²) in [5, 5.41) is 11.9. The normalized spacial score (nSPS) is 20.1. The third kappa shape index (κ3) is 4.52. The van der Waals surface area contributed by atoms with Crippen LogP contribution in [0, 0.1) is 0 Å². The zero-order chi connectivity index (χ0) is 21.2. The number of nitrogens with zero attached hydrogens (tertiary/aromatic N) is 4. The van der Waals surface area contributed by atoms with Gasteiger partial charge in [0.25, 0.3) is 0 Å². The van der Waals surface area contributed by atoms with Gasteiger partial charge in [0.15, 0.2) is 11.5 Å². The molecule has 2 N–H and O–H groups in total. The maximum Gasteiger partial charge on any atom is 0.157 e. The molecule has 164 valence electrons. The molecule has 0 bridgehead atoms. The first-order chi connectivity index (χ1) is 15.2. The van der Waals surface area contributed by atoms with E-state index in [2.05, 4.69) is 75.6 Å². The van der Waals surface area contributed by atoms with E-state index in [1.807, 2.05) is 0 Å². The molecule has 31 heavy (non-hydrogen) atoms. The lowest BCUT2D eigenvalue weighted by Gasteiger charge is -2.29. The van der Waals surface area contributed by atoms with E-state index < -0.39 is 0 Å². The van der Waals surface area contributed by atoms with Gasteiger partial charge in [-0.05, 0) is 56.6 Å². The first-order valence-corrected chi connectivity index (χ1v) is 11.4. The molecular formula is C24H32N6O. The number of ether oxygens (including phenoxy) is 1. The Balaban J connectivity index is 1.21. The molecule has 2 saturated heterocycles. The largest absolute Gasteiger partial charge is 0.378 e. The molecule has 0 saturated carbocycles. The SMILES string of the molecule is CC(C)Nc1n[nH]c2nc(C3CCN(Cc4ccc(N5CCOCC5)cc4)C3)ccc12. The minimum Gasteiger partial charge on any atom is -0.378 e. The molecule has 0 radical (unpaired) electrons. The van der Waals surface area contributed by atoms with Gasteiger partial charge in [0.2, 0.25) is 0 Å². The van der Waals surface area contributed by atoms with Crippen LogP contribution in [0.15, 0.2) is 36.4 Å². The molecule has 7 nitrogen and oxygen atoms in total. The Bertz CT molecular complexity index is 1010. The summed E-state index contributed by atoms with van der Waals surface area (Å²) in [6, 6.07) is 13.7. The van der Waals surface area contributed by atoms with E-state index in [1.165, 1.54) is 11.3 Å². The van der Waals surface area contributed by atoms with Crippen LogP contribution in [-0.4, -0.2) is 65.5 Å². The van der Waals surface area contributed by atoms with E-state index in [9.17, 15) is 0 Å². The molecular weight excluding hydrogens is 388 g/mol. The molecule has 2 aliphatic rings. The van der Waals surface area contributed by atoms with Crippen LogP contribution in [-0.2, 0) is 11.3 Å². The fourth-order valence-electron chi connectivity index (χ4n) is 4.64. The number of hydrogen-bond acceptors (Lipinski definition) is 6. The molecule has 0 aliphatic carbocycles. The monoisotopic (exact) mass is 420 g/mol. The van der Waals surface area contributed by atoms with E-state index in [1.54, 1.807) is 0 Å². The molecule has 3 aromatic rings. The topological polar surface area (TPSA) is 69.3 Å². The van der Waals surface area contributed by atoms with Gasteiger partial charge in [-0.1, -0.05) is 12.1 Å². The van der Waals surface area contributed by atoms with E-state index in [4.69, 9.17) is 9.72 Å². The number of rotatable bonds is 6. The summed E-state index contributed by atoms with van der Waals surface area (Å²) in [6.07, 6.45) is 1.15. The number of aromatic nitrogens is 3. The Morgan fingerprint density at radius 1 is 1.10 bits per heavy atom. The van der Waals surface area contributed by atoms with Crippen LogP contribution in [0.4, 0.5) is 11.5 Å². The summed E-state index contributed by atoms with van der Waals surface area (Å²) >= 11 is 0. The highest BCUT2D eigenvalue weighted by molar-refractivity contribution is 5.87. The van der Waals surface area contributed by atoms with E-state index in [-0.39, 0.29) is 0 Å². The molecule has 0 amide bonds. The van der Waals surface area contributed by atoms with Gasteiger partial charge in [0, 0.05) is 49.5 Å². The maximum atomic E-state index is 5.46.